The molecule has 0 radical (unpaired) electrons. The van der Waals surface area contributed by atoms with Crippen LogP contribution in [0.1, 0.15) is 29.8 Å². The van der Waals surface area contributed by atoms with Crippen LogP contribution in [-0.2, 0) is 19.0 Å². The molecule has 0 fully saturated rings. The maximum atomic E-state index is 12.4. The molecular weight excluding hydrogens is 271 g/mol. The maximum absolute atomic E-state index is 12.4. The zero-order valence-corrected chi connectivity index (χ0v) is 10.8. The molecule has 1 aromatic heterocycles. The third kappa shape index (κ3) is 3.80. The molecule has 4 nitrogen and oxygen atoms in total. The van der Waals surface area contributed by atoms with E-state index in [0.29, 0.717) is 30.1 Å². The summed E-state index contributed by atoms with van der Waals surface area (Å²) in [5, 5.41) is 3.76. The van der Waals surface area contributed by atoms with Crippen LogP contribution in [0.15, 0.2) is 28.8 Å². The van der Waals surface area contributed by atoms with Crippen LogP contribution in [0.2, 0.25) is 0 Å². The van der Waals surface area contributed by atoms with Gasteiger partial charge in [0.25, 0.3) is 0 Å². The Bertz CT molecular complexity index is 561. The standard InChI is InChI=1S/C13H14F3N3O/c1-8(17)6-11-18-12(20-19-11)7-9-2-4-10(5-3-9)13(14,15)16/h2-5,8H,6-7,17H2,1H3. The summed E-state index contributed by atoms with van der Waals surface area (Å²) in [5.41, 5.74) is 5.61. The fraction of sp³-hybridized carbons (Fsp3) is 0.385. The number of hydrogen-bond donors (Lipinski definition) is 1. The lowest BCUT2D eigenvalue weighted by atomic mass is 10.1. The molecule has 7 heteroatoms. The van der Waals surface area contributed by atoms with Gasteiger partial charge in [-0.2, -0.15) is 18.2 Å². The Balaban J connectivity index is 2.05. The SMILES string of the molecule is CC(N)Cc1noc(Cc2ccc(C(F)(F)F)cc2)n1. The number of benzene rings is 1. The largest absolute Gasteiger partial charge is 0.416 e. The summed E-state index contributed by atoms with van der Waals surface area (Å²) in [7, 11) is 0. The van der Waals surface area contributed by atoms with E-state index in [9.17, 15) is 13.2 Å². The molecule has 0 amide bonds. The molecule has 0 aliphatic heterocycles. The average Bonchev–Trinajstić information content (AvgIpc) is 2.75. The predicted octanol–water partition coefficient (Wildman–Crippen LogP) is 2.57. The first-order chi connectivity index (χ1) is 9.34. The van der Waals surface area contributed by atoms with Gasteiger partial charge in [-0.15, -0.1) is 0 Å². The third-order valence-corrected chi connectivity index (χ3v) is 2.65. The first-order valence-electron chi connectivity index (χ1n) is 6.08. The molecule has 1 atom stereocenters. The zero-order chi connectivity index (χ0) is 14.8. The Morgan fingerprint density at radius 1 is 1.25 bits per heavy atom. The van der Waals surface area contributed by atoms with Gasteiger partial charge in [-0.25, -0.2) is 0 Å². The number of rotatable bonds is 4. The quantitative estimate of drug-likeness (QED) is 0.937. The number of hydrogen-bond acceptors (Lipinski definition) is 4. The van der Waals surface area contributed by atoms with Crippen molar-refractivity contribution in [3.63, 3.8) is 0 Å². The summed E-state index contributed by atoms with van der Waals surface area (Å²) in [6.45, 7) is 1.83. The van der Waals surface area contributed by atoms with Gasteiger partial charge in [0.2, 0.25) is 5.89 Å². The molecule has 0 spiro atoms. The van der Waals surface area contributed by atoms with E-state index >= 15 is 0 Å². The Morgan fingerprint density at radius 3 is 2.45 bits per heavy atom. The molecule has 2 N–H and O–H groups in total. The van der Waals surface area contributed by atoms with Crippen LogP contribution >= 0.6 is 0 Å². The predicted molar refractivity (Wildman–Crippen MR) is 65.9 cm³/mol. The fourth-order valence-corrected chi connectivity index (χ4v) is 1.72. The Morgan fingerprint density at radius 2 is 1.90 bits per heavy atom. The molecule has 1 heterocycles. The van der Waals surface area contributed by atoms with E-state index < -0.39 is 11.7 Å². The van der Waals surface area contributed by atoms with Crippen molar-refractivity contribution in [2.45, 2.75) is 32.0 Å². The molecule has 108 valence electrons. The highest BCUT2D eigenvalue weighted by Gasteiger charge is 2.29. The molecule has 2 rings (SSSR count). The van der Waals surface area contributed by atoms with Gasteiger partial charge in [0.05, 0.1) is 12.0 Å². The van der Waals surface area contributed by atoms with Gasteiger partial charge in [-0.1, -0.05) is 17.3 Å². The van der Waals surface area contributed by atoms with E-state index in [1.54, 1.807) is 0 Å². The first-order valence-corrected chi connectivity index (χ1v) is 6.08. The summed E-state index contributed by atoms with van der Waals surface area (Å²) in [5.74, 6) is 0.863. The van der Waals surface area contributed by atoms with Crippen LogP contribution < -0.4 is 5.73 Å². The van der Waals surface area contributed by atoms with E-state index in [1.165, 1.54) is 12.1 Å². The minimum absolute atomic E-state index is 0.0773. The van der Waals surface area contributed by atoms with Crippen LogP contribution in [0.25, 0.3) is 0 Å². The monoisotopic (exact) mass is 285 g/mol. The van der Waals surface area contributed by atoms with Gasteiger partial charge in [0.15, 0.2) is 5.82 Å². The lowest BCUT2D eigenvalue weighted by molar-refractivity contribution is -0.137. The lowest BCUT2D eigenvalue weighted by Crippen LogP contribution is -2.18. The second-order valence-corrected chi connectivity index (χ2v) is 4.66. The van der Waals surface area contributed by atoms with E-state index in [0.717, 1.165) is 12.1 Å². The van der Waals surface area contributed by atoms with Gasteiger partial charge >= 0.3 is 6.18 Å². The molecule has 2 aromatic rings. The van der Waals surface area contributed by atoms with Gasteiger partial charge in [0, 0.05) is 12.5 Å². The van der Waals surface area contributed by atoms with Crippen molar-refractivity contribution in [3.05, 3.63) is 47.1 Å². The highest BCUT2D eigenvalue weighted by molar-refractivity contribution is 5.26. The van der Waals surface area contributed by atoms with Crippen LogP contribution in [0.4, 0.5) is 13.2 Å². The van der Waals surface area contributed by atoms with Crippen molar-refractivity contribution in [1.29, 1.82) is 0 Å². The molecule has 1 aromatic carbocycles. The van der Waals surface area contributed by atoms with Crippen molar-refractivity contribution in [3.8, 4) is 0 Å². The summed E-state index contributed by atoms with van der Waals surface area (Å²) >= 11 is 0. The fourth-order valence-electron chi connectivity index (χ4n) is 1.72. The summed E-state index contributed by atoms with van der Waals surface area (Å²) < 4.78 is 42.3. The minimum Gasteiger partial charge on any atom is -0.339 e. The summed E-state index contributed by atoms with van der Waals surface area (Å²) in [4.78, 5) is 4.14. The normalized spacial score (nSPS) is 13.4. The van der Waals surface area contributed by atoms with Crippen molar-refractivity contribution in [2.75, 3.05) is 0 Å². The van der Waals surface area contributed by atoms with E-state index in [2.05, 4.69) is 10.1 Å². The average molecular weight is 285 g/mol. The van der Waals surface area contributed by atoms with Gasteiger partial charge < -0.3 is 10.3 Å². The molecule has 0 saturated carbocycles. The van der Waals surface area contributed by atoms with Crippen molar-refractivity contribution in [2.24, 2.45) is 5.73 Å². The van der Waals surface area contributed by atoms with Crippen LogP contribution in [0, 0.1) is 0 Å². The van der Waals surface area contributed by atoms with Crippen molar-refractivity contribution < 1.29 is 17.7 Å². The Kier molecular flexibility index (Phi) is 4.08. The van der Waals surface area contributed by atoms with Crippen molar-refractivity contribution in [1.82, 2.24) is 10.1 Å². The number of halogens is 3. The summed E-state index contributed by atoms with van der Waals surface area (Å²) in [6, 6.07) is 4.80. The molecule has 0 bridgehead atoms. The molecule has 0 saturated heterocycles. The van der Waals surface area contributed by atoms with Gasteiger partial charge in [-0.05, 0) is 24.6 Å². The number of nitrogens with zero attached hydrogens (tertiary/aromatic N) is 2. The highest BCUT2D eigenvalue weighted by Crippen LogP contribution is 2.29. The number of aromatic nitrogens is 2. The van der Waals surface area contributed by atoms with Crippen molar-refractivity contribution >= 4 is 0 Å². The molecule has 20 heavy (non-hydrogen) atoms. The van der Waals surface area contributed by atoms with E-state index in [-0.39, 0.29) is 6.04 Å². The minimum atomic E-state index is -4.33. The Labute approximate surface area is 113 Å². The molecule has 1 unspecified atom stereocenters. The second-order valence-electron chi connectivity index (χ2n) is 4.66. The lowest BCUT2D eigenvalue weighted by Gasteiger charge is -2.06. The second kappa shape index (κ2) is 5.62. The highest BCUT2D eigenvalue weighted by atomic mass is 19.4. The van der Waals surface area contributed by atoms with E-state index in [1.807, 2.05) is 6.92 Å². The molecule has 0 aliphatic rings. The Hall–Kier alpha value is -1.89. The first kappa shape index (κ1) is 14.5. The number of nitrogens with two attached hydrogens (primary N) is 1. The van der Waals surface area contributed by atoms with Crippen LogP contribution in [-0.4, -0.2) is 16.2 Å². The third-order valence-electron chi connectivity index (χ3n) is 2.65. The van der Waals surface area contributed by atoms with E-state index in [4.69, 9.17) is 10.3 Å². The molecular formula is C13H14F3N3O. The smallest absolute Gasteiger partial charge is 0.339 e. The number of alkyl halides is 3. The van der Waals surface area contributed by atoms with Gasteiger partial charge in [0.1, 0.15) is 0 Å². The van der Waals surface area contributed by atoms with Crippen LogP contribution in [0.3, 0.4) is 0 Å². The topological polar surface area (TPSA) is 64.9 Å². The maximum Gasteiger partial charge on any atom is 0.416 e. The zero-order valence-electron chi connectivity index (χ0n) is 10.8. The van der Waals surface area contributed by atoms with Gasteiger partial charge in [-0.3, -0.25) is 0 Å². The molecule has 0 aliphatic carbocycles. The van der Waals surface area contributed by atoms with Crippen LogP contribution in [0.5, 0.6) is 0 Å². The summed E-state index contributed by atoms with van der Waals surface area (Å²) in [6.07, 6.45) is -3.53.